The lowest BCUT2D eigenvalue weighted by Gasteiger charge is -2.13. The number of benzene rings is 1. The van der Waals surface area contributed by atoms with Crippen LogP contribution >= 0.6 is 11.6 Å². The number of hydrogen-bond donors (Lipinski definition) is 3. The highest BCUT2D eigenvalue weighted by molar-refractivity contribution is 7.89. The third-order valence-corrected chi connectivity index (χ3v) is 5.05. The number of methoxy groups -OCH3 is 1. The number of guanidine groups is 1. The van der Waals surface area contributed by atoms with Gasteiger partial charge in [-0.3, -0.25) is 4.99 Å². The minimum absolute atomic E-state index is 0.0720. The zero-order valence-corrected chi connectivity index (χ0v) is 15.8. The van der Waals surface area contributed by atoms with Gasteiger partial charge >= 0.3 is 0 Å². The maximum Gasteiger partial charge on any atom is 0.211 e. The van der Waals surface area contributed by atoms with Crippen LogP contribution in [0.4, 0.5) is 0 Å². The minimum Gasteiger partial charge on any atom is -0.497 e. The summed E-state index contributed by atoms with van der Waals surface area (Å²) in [7, 11) is 0.0961. The minimum atomic E-state index is -3.16. The molecule has 0 saturated heterocycles. The molecular weight excluding hydrogens is 352 g/mol. The SMILES string of the molecule is CCS(=O)(=O)NCCNC(=NC)NCCc1ccc(OC)cc1Cl. The average molecular weight is 377 g/mol. The van der Waals surface area contributed by atoms with Crippen molar-refractivity contribution in [2.45, 2.75) is 13.3 Å². The molecular formula is C15H25ClN4O3S. The highest BCUT2D eigenvalue weighted by atomic mass is 35.5. The van der Waals surface area contributed by atoms with Crippen molar-refractivity contribution in [2.24, 2.45) is 4.99 Å². The summed E-state index contributed by atoms with van der Waals surface area (Å²) in [6.07, 6.45) is 0.728. The van der Waals surface area contributed by atoms with Crippen LogP contribution in [0.3, 0.4) is 0 Å². The first-order valence-corrected chi connectivity index (χ1v) is 9.69. The van der Waals surface area contributed by atoms with Crippen molar-refractivity contribution >= 4 is 27.6 Å². The predicted molar refractivity (Wildman–Crippen MR) is 98.5 cm³/mol. The Kier molecular flexibility index (Phi) is 8.88. The molecule has 1 aromatic carbocycles. The van der Waals surface area contributed by atoms with Gasteiger partial charge in [-0.2, -0.15) is 0 Å². The van der Waals surface area contributed by atoms with Crippen LogP contribution in [-0.2, 0) is 16.4 Å². The predicted octanol–water partition coefficient (Wildman–Crippen LogP) is 0.995. The van der Waals surface area contributed by atoms with Crippen LogP contribution in [0.5, 0.6) is 5.75 Å². The summed E-state index contributed by atoms with van der Waals surface area (Å²) in [5, 5.41) is 6.86. The van der Waals surface area contributed by atoms with Gasteiger partial charge in [-0.05, 0) is 31.0 Å². The van der Waals surface area contributed by atoms with Crippen molar-refractivity contribution in [3.8, 4) is 5.75 Å². The Morgan fingerprint density at radius 3 is 2.54 bits per heavy atom. The van der Waals surface area contributed by atoms with Crippen molar-refractivity contribution < 1.29 is 13.2 Å². The van der Waals surface area contributed by atoms with E-state index in [1.165, 1.54) is 0 Å². The van der Waals surface area contributed by atoms with E-state index in [1.54, 1.807) is 27.1 Å². The van der Waals surface area contributed by atoms with Crippen molar-refractivity contribution in [3.63, 3.8) is 0 Å². The number of nitrogens with one attached hydrogen (secondary N) is 3. The molecule has 24 heavy (non-hydrogen) atoms. The van der Waals surface area contributed by atoms with Gasteiger partial charge in [0, 0.05) is 31.7 Å². The highest BCUT2D eigenvalue weighted by Gasteiger charge is 2.06. The van der Waals surface area contributed by atoms with E-state index in [0.29, 0.717) is 30.6 Å². The molecule has 136 valence electrons. The molecule has 0 radical (unpaired) electrons. The van der Waals surface area contributed by atoms with Gasteiger partial charge in [0.25, 0.3) is 0 Å². The van der Waals surface area contributed by atoms with E-state index in [2.05, 4.69) is 20.3 Å². The zero-order chi connectivity index (χ0) is 18.0. The van der Waals surface area contributed by atoms with Crippen LogP contribution in [0.15, 0.2) is 23.2 Å². The molecule has 0 spiro atoms. The topological polar surface area (TPSA) is 91.8 Å². The molecule has 1 rings (SSSR count). The first-order valence-electron chi connectivity index (χ1n) is 7.66. The van der Waals surface area contributed by atoms with E-state index in [9.17, 15) is 8.42 Å². The average Bonchev–Trinajstić information content (AvgIpc) is 2.58. The summed E-state index contributed by atoms with van der Waals surface area (Å²) in [6.45, 7) is 3.00. The van der Waals surface area contributed by atoms with E-state index >= 15 is 0 Å². The molecule has 0 saturated carbocycles. The van der Waals surface area contributed by atoms with Crippen LogP contribution in [-0.4, -0.2) is 53.9 Å². The first-order chi connectivity index (χ1) is 11.4. The molecule has 3 N–H and O–H groups in total. The molecule has 0 fully saturated rings. The van der Waals surface area contributed by atoms with Gasteiger partial charge < -0.3 is 15.4 Å². The summed E-state index contributed by atoms with van der Waals surface area (Å²) in [5.74, 6) is 1.40. The lowest BCUT2D eigenvalue weighted by atomic mass is 10.1. The largest absolute Gasteiger partial charge is 0.497 e. The zero-order valence-electron chi connectivity index (χ0n) is 14.2. The van der Waals surface area contributed by atoms with Crippen LogP contribution < -0.4 is 20.1 Å². The lowest BCUT2D eigenvalue weighted by molar-refractivity contribution is 0.414. The number of sulfonamides is 1. The summed E-state index contributed by atoms with van der Waals surface area (Å²) in [6, 6.07) is 5.58. The van der Waals surface area contributed by atoms with Gasteiger partial charge in [-0.15, -0.1) is 0 Å². The normalized spacial score (nSPS) is 12.1. The van der Waals surface area contributed by atoms with E-state index in [-0.39, 0.29) is 5.75 Å². The standard InChI is InChI=1S/C15H25ClN4O3S/c1-4-24(21,22)20-10-9-19-15(17-2)18-8-7-12-5-6-13(23-3)11-14(12)16/h5-6,11,20H,4,7-10H2,1-3H3,(H2,17,18,19). The first kappa shape index (κ1) is 20.5. The summed E-state index contributed by atoms with van der Waals surface area (Å²) >= 11 is 6.20. The maximum absolute atomic E-state index is 11.3. The second-order valence-electron chi connectivity index (χ2n) is 4.93. The van der Waals surface area contributed by atoms with Gasteiger partial charge in [0.05, 0.1) is 12.9 Å². The number of ether oxygens (including phenoxy) is 1. The number of nitrogens with zero attached hydrogens (tertiary/aromatic N) is 1. The number of halogens is 1. The summed E-state index contributed by atoms with van der Waals surface area (Å²) in [4.78, 5) is 4.09. The molecule has 0 aliphatic heterocycles. The fourth-order valence-corrected chi connectivity index (χ4v) is 2.77. The van der Waals surface area contributed by atoms with E-state index in [0.717, 1.165) is 17.7 Å². The lowest BCUT2D eigenvalue weighted by Crippen LogP contribution is -2.42. The maximum atomic E-state index is 11.3. The number of rotatable bonds is 9. The molecule has 0 aliphatic rings. The van der Waals surface area contributed by atoms with Crippen molar-refractivity contribution in [3.05, 3.63) is 28.8 Å². The van der Waals surface area contributed by atoms with E-state index in [1.807, 2.05) is 12.1 Å². The number of hydrogen-bond acceptors (Lipinski definition) is 4. The van der Waals surface area contributed by atoms with Crippen LogP contribution in [0.25, 0.3) is 0 Å². The van der Waals surface area contributed by atoms with Crippen molar-refractivity contribution in [2.75, 3.05) is 39.5 Å². The second kappa shape index (κ2) is 10.4. The molecule has 7 nitrogen and oxygen atoms in total. The Balaban J connectivity index is 2.34. The Morgan fingerprint density at radius 2 is 1.96 bits per heavy atom. The third-order valence-electron chi connectivity index (χ3n) is 3.29. The Hall–Kier alpha value is -1.51. The molecule has 1 aromatic rings. The molecule has 9 heteroatoms. The van der Waals surface area contributed by atoms with E-state index in [4.69, 9.17) is 16.3 Å². The van der Waals surface area contributed by atoms with Gasteiger partial charge in [0.15, 0.2) is 5.96 Å². The summed E-state index contributed by atoms with van der Waals surface area (Å²) in [5.41, 5.74) is 1.01. The van der Waals surface area contributed by atoms with Crippen molar-refractivity contribution in [1.29, 1.82) is 0 Å². The molecule has 0 amide bonds. The molecule has 0 heterocycles. The van der Waals surface area contributed by atoms with Crippen LogP contribution in [0.2, 0.25) is 5.02 Å². The molecule has 0 aromatic heterocycles. The smallest absolute Gasteiger partial charge is 0.211 e. The van der Waals surface area contributed by atoms with E-state index < -0.39 is 10.0 Å². The van der Waals surface area contributed by atoms with Gasteiger partial charge in [0.2, 0.25) is 10.0 Å². The third kappa shape index (κ3) is 7.37. The fourth-order valence-electron chi connectivity index (χ4n) is 1.88. The van der Waals surface area contributed by atoms with Gasteiger partial charge in [-0.25, -0.2) is 13.1 Å². The Bertz CT molecular complexity index is 650. The Morgan fingerprint density at radius 1 is 1.25 bits per heavy atom. The van der Waals surface area contributed by atoms with Gasteiger partial charge in [-0.1, -0.05) is 17.7 Å². The molecule has 0 unspecified atom stereocenters. The van der Waals surface area contributed by atoms with Crippen molar-refractivity contribution in [1.82, 2.24) is 15.4 Å². The molecule has 0 bridgehead atoms. The van der Waals surface area contributed by atoms with Crippen LogP contribution in [0, 0.1) is 0 Å². The molecule has 0 aliphatic carbocycles. The summed E-state index contributed by atoms with van der Waals surface area (Å²) < 4.78 is 30.2. The van der Waals surface area contributed by atoms with Crippen LogP contribution in [0.1, 0.15) is 12.5 Å². The number of aliphatic imine (C=N–C) groups is 1. The quantitative estimate of drug-likeness (QED) is 0.339. The second-order valence-corrected chi connectivity index (χ2v) is 7.43. The Labute approximate surface area is 148 Å². The fraction of sp³-hybridized carbons (Fsp3) is 0.533. The highest BCUT2D eigenvalue weighted by Crippen LogP contribution is 2.22. The molecule has 0 atom stereocenters. The van der Waals surface area contributed by atoms with Gasteiger partial charge in [0.1, 0.15) is 5.75 Å². The monoisotopic (exact) mass is 376 g/mol.